The first-order chi connectivity index (χ1) is 38.4. The number of thioether (sulfide) groups is 1. The number of hydrogen-bond acceptors (Lipinski definition) is 16. The number of para-hydroxylation sites is 1. The van der Waals surface area contributed by atoms with Crippen LogP contribution in [-0.2, 0) is 30.6 Å². The van der Waals surface area contributed by atoms with E-state index >= 15 is 0 Å². The Balaban J connectivity index is 0.000000332. The number of benzene rings is 1. The summed E-state index contributed by atoms with van der Waals surface area (Å²) in [6, 6.07) is 8.26. The molecule has 0 saturated carbocycles. The third-order valence-corrected chi connectivity index (χ3v) is 16.4. The van der Waals surface area contributed by atoms with E-state index in [2.05, 4.69) is 200 Å². The minimum Gasteiger partial charge on any atom is -0.466 e. The van der Waals surface area contributed by atoms with Gasteiger partial charge in [-0.1, -0.05) is 196 Å². The summed E-state index contributed by atoms with van der Waals surface area (Å²) in [6.45, 7) is 71.2. The number of allylic oxidation sites excluding steroid dienone is 2. The molecule has 0 radical (unpaired) electrons. The Kier molecular flexibility index (Phi) is 27.1. The molecule has 2 atom stereocenters. The lowest BCUT2D eigenvalue weighted by molar-refractivity contribution is -0.127. The number of hydrogen-bond donors (Lipinski definition) is 3. The number of rotatable bonds is 0. The van der Waals surface area contributed by atoms with Gasteiger partial charge in [-0.2, -0.15) is 0 Å². The van der Waals surface area contributed by atoms with Gasteiger partial charge in [0.1, 0.15) is 6.26 Å². The van der Waals surface area contributed by atoms with Crippen LogP contribution in [0, 0.1) is 28.6 Å². The zero-order valence-electron chi connectivity index (χ0n) is 56.0. The number of carbonyl (C=O) groups is 3. The lowest BCUT2D eigenvalue weighted by Crippen LogP contribution is -2.43. The summed E-state index contributed by atoms with van der Waals surface area (Å²) >= 11 is 6.37. The fourth-order valence-electron chi connectivity index (χ4n) is 6.99. The maximum Gasteiger partial charge on any atom is 0.322 e. The van der Waals surface area contributed by atoms with Crippen LogP contribution in [0.15, 0.2) is 114 Å². The summed E-state index contributed by atoms with van der Waals surface area (Å²) in [7, 11) is 0. The molecule has 3 fully saturated rings. The van der Waals surface area contributed by atoms with E-state index in [0.29, 0.717) is 24.2 Å². The van der Waals surface area contributed by atoms with Crippen LogP contribution >= 0.6 is 47.0 Å². The van der Waals surface area contributed by atoms with Crippen molar-refractivity contribution in [2.24, 2.45) is 30.5 Å². The molecule has 4 aromatic rings. The van der Waals surface area contributed by atoms with E-state index < -0.39 is 6.10 Å². The van der Waals surface area contributed by atoms with Crippen LogP contribution in [0.1, 0.15) is 202 Å². The number of aryl methyl sites for hydroxylation is 1. The zero-order valence-corrected chi connectivity index (χ0v) is 59.3. The second-order valence-corrected chi connectivity index (χ2v) is 33.3. The number of urea groups is 1. The fourth-order valence-corrected chi connectivity index (χ4v) is 10.5. The van der Waals surface area contributed by atoms with E-state index in [1.807, 2.05) is 68.4 Å². The van der Waals surface area contributed by atoms with Crippen molar-refractivity contribution >= 4 is 86.5 Å². The molecule has 16 nitrogen and oxygen atoms in total. The lowest BCUT2D eigenvalue weighted by Gasteiger charge is -2.29. The highest BCUT2D eigenvalue weighted by Gasteiger charge is 2.39. The van der Waals surface area contributed by atoms with Crippen molar-refractivity contribution in [3.05, 3.63) is 119 Å². The van der Waals surface area contributed by atoms with Gasteiger partial charge >= 0.3 is 6.03 Å². The second-order valence-electron chi connectivity index (χ2n) is 29.2. The van der Waals surface area contributed by atoms with Crippen molar-refractivity contribution < 1.29 is 28.0 Å². The van der Waals surface area contributed by atoms with E-state index in [4.69, 9.17) is 13.6 Å². The van der Waals surface area contributed by atoms with Crippen LogP contribution in [-0.4, -0.2) is 77.8 Å². The highest BCUT2D eigenvalue weighted by atomic mass is 32.2. The van der Waals surface area contributed by atoms with Gasteiger partial charge in [0.15, 0.2) is 17.9 Å². The Bertz CT molecular complexity index is 2820. The molecule has 20 heteroatoms. The minimum atomic E-state index is -0.394. The first kappa shape index (κ1) is 75.7. The molecule has 0 spiro atoms. The predicted octanol–water partition coefficient (Wildman–Crippen LogP) is 17.4. The van der Waals surface area contributed by atoms with Crippen molar-refractivity contribution in [2.45, 2.75) is 219 Å². The maximum absolute atomic E-state index is 11.2. The molecule has 9 rings (SSSR count). The molecule has 85 heavy (non-hydrogen) atoms. The van der Waals surface area contributed by atoms with E-state index in [0.717, 1.165) is 35.0 Å². The molecule has 0 bridgehead atoms. The number of carbonyl (C=O) groups excluding carboxylic acids is 3. The Morgan fingerprint density at radius 1 is 0.612 bits per heavy atom. The normalized spacial score (nSPS) is 18.1. The van der Waals surface area contributed by atoms with Crippen molar-refractivity contribution in [3.8, 4) is 0 Å². The van der Waals surface area contributed by atoms with Crippen LogP contribution in [0.25, 0.3) is 10.2 Å². The van der Waals surface area contributed by atoms with E-state index in [1.165, 1.54) is 66.6 Å². The molecule has 2 unspecified atom stereocenters. The molecule has 5 aliphatic heterocycles. The summed E-state index contributed by atoms with van der Waals surface area (Å²) in [5.74, 6) is 2.47. The largest absolute Gasteiger partial charge is 0.466 e. The van der Waals surface area contributed by atoms with Crippen molar-refractivity contribution in [1.82, 2.24) is 41.0 Å². The summed E-state index contributed by atoms with van der Waals surface area (Å²) < 4.78 is 25.4. The highest BCUT2D eigenvalue weighted by molar-refractivity contribution is 8.04. The lowest BCUT2D eigenvalue weighted by atomic mass is 9.88. The second kappa shape index (κ2) is 30.5. The van der Waals surface area contributed by atoms with Crippen molar-refractivity contribution in [3.63, 3.8) is 0 Å². The Morgan fingerprint density at radius 2 is 1.13 bits per heavy atom. The molecule has 8 heterocycles. The van der Waals surface area contributed by atoms with Gasteiger partial charge in [0.2, 0.25) is 17.7 Å². The fraction of sp³-hybridized carbons (Fsp3) is 0.585. The summed E-state index contributed by atoms with van der Waals surface area (Å²) in [6.07, 6.45) is 4.83. The average molecular weight is 1250 g/mol. The first-order valence-electron chi connectivity index (χ1n) is 28.4. The molecule has 1 aromatic carbocycles. The third-order valence-electron chi connectivity index (χ3n) is 12.0. The Labute approximate surface area is 527 Å². The smallest absolute Gasteiger partial charge is 0.322 e. The molecule has 3 N–H and O–H groups in total. The van der Waals surface area contributed by atoms with Gasteiger partial charge in [0, 0.05) is 109 Å². The van der Waals surface area contributed by atoms with E-state index in [-0.39, 0.29) is 66.5 Å². The summed E-state index contributed by atoms with van der Waals surface area (Å²) in [4.78, 5) is 46.3. The van der Waals surface area contributed by atoms with Crippen molar-refractivity contribution in [2.75, 3.05) is 6.54 Å². The number of oxazole rings is 1. The van der Waals surface area contributed by atoms with Crippen LogP contribution < -0.4 is 16.0 Å². The van der Waals surface area contributed by atoms with E-state index in [9.17, 15) is 14.4 Å². The number of fused-ring (bicyclic) bond motifs is 1. The monoisotopic (exact) mass is 1250 g/mol. The highest BCUT2D eigenvalue weighted by Crippen LogP contribution is 2.38. The summed E-state index contributed by atoms with van der Waals surface area (Å²) in [5.41, 5.74) is 4.83. The van der Waals surface area contributed by atoms with Gasteiger partial charge in [0.25, 0.3) is 5.91 Å². The first-order valence-corrected chi connectivity index (χ1v) is 31.7. The SMILES string of the molecule is C=C1CC(C(C)(C)C)=NS1.C=C1CC(C(C)(C)C)=NS1.C=C1CN(C(C)(C)C)C(=O)N1.C=C1NC(=O)C(C(C)(C)C)O1.C=C1NC(=O)C(C(C)(C)C)S1.CC(C)(C)c1nc2ccccc2s1.CC(C)(C)c1ncco1.Cc1nnc(C(C)(C)C)o1. The van der Waals surface area contributed by atoms with Gasteiger partial charge < -0.3 is 29.1 Å². The molecular weight excluding hydrogens is 1150 g/mol. The average Bonchev–Trinajstić information content (AvgIpc) is 3.51. The molecular formula is C65H102N10O6S4. The quantitative estimate of drug-likeness (QED) is 0.141. The molecule has 0 aliphatic carbocycles. The molecule has 3 saturated heterocycles. The molecule has 472 valence electrons. The van der Waals surface area contributed by atoms with Crippen LogP contribution in [0.4, 0.5) is 4.79 Å². The van der Waals surface area contributed by atoms with Gasteiger partial charge in [-0.25, -0.2) is 23.6 Å². The van der Waals surface area contributed by atoms with Crippen LogP contribution in [0.3, 0.4) is 0 Å². The number of amides is 4. The molecule has 5 aliphatic rings. The number of nitrogens with one attached hydrogen (secondary N) is 3. The molecule has 4 amide bonds. The zero-order chi connectivity index (χ0) is 65.6. The Hall–Kier alpha value is -5.44. The number of ether oxygens (including phenoxy) is 1. The third kappa shape index (κ3) is 26.6. The van der Waals surface area contributed by atoms with E-state index in [1.54, 1.807) is 35.6 Å². The standard InChI is InChI=1S/C11H13NS.C8H14N2O.C8H13NO2.C8H13NOS.2C8H13NS.C7H12N2O.C7H11NO/c1-11(2,3)10-12-8-6-4-5-7-9(8)13-10;1-6-5-10(7(11)9-6)8(2,3)4;2*1-5-9-7(10)6(11-5)8(2,3)4;2*1-6-5-7(9-10-6)8(2,3)4;1-5-8-9-6(10-5)7(2,3)4;1-7(2,3)6-8-4-5-9-6/h4-7H,1-3H3;1,5H2,2-4H3,(H,9,11);2*6H,1H2,2-4H3,(H,9,10);2*1,5H2,2-4H3;1-4H3;4-5H,1-3H3. The van der Waals surface area contributed by atoms with Gasteiger partial charge in [-0.3, -0.25) is 14.9 Å². The van der Waals surface area contributed by atoms with Gasteiger partial charge in [-0.15, -0.1) is 21.5 Å². The summed E-state index contributed by atoms with van der Waals surface area (Å²) in [5, 5.41) is 17.5. The predicted molar refractivity (Wildman–Crippen MR) is 362 cm³/mol. The molecule has 3 aromatic heterocycles. The topological polar surface area (TPSA) is 202 Å². The van der Waals surface area contributed by atoms with Crippen LogP contribution in [0.2, 0.25) is 0 Å². The number of aromatic nitrogens is 4. The minimum absolute atomic E-state index is 0.0220. The van der Waals surface area contributed by atoms with Gasteiger partial charge in [-0.05, 0) is 44.9 Å². The number of nitrogens with zero attached hydrogens (tertiary/aromatic N) is 7. The number of thiazole rings is 1. The van der Waals surface area contributed by atoms with Gasteiger partial charge in [0.05, 0.1) is 38.2 Å². The Morgan fingerprint density at radius 3 is 1.36 bits per heavy atom. The van der Waals surface area contributed by atoms with Crippen molar-refractivity contribution in [1.29, 1.82) is 0 Å². The maximum atomic E-state index is 11.2. The van der Waals surface area contributed by atoms with Crippen LogP contribution in [0.5, 0.6) is 0 Å².